The molecule has 1 aromatic heterocycles. The number of ether oxygens (including phenoxy) is 1. The van der Waals surface area contributed by atoms with Crippen LogP contribution in [0.5, 0.6) is 5.75 Å². The van der Waals surface area contributed by atoms with Gasteiger partial charge in [-0.05, 0) is 30.3 Å². The van der Waals surface area contributed by atoms with Crippen LogP contribution in [0.4, 0.5) is 9.52 Å². The van der Waals surface area contributed by atoms with Crippen molar-refractivity contribution < 1.29 is 17.5 Å². The first-order valence-electron chi connectivity index (χ1n) is 9.29. The minimum absolute atomic E-state index is 0.0530. The first kappa shape index (κ1) is 22.3. The van der Waals surface area contributed by atoms with E-state index in [0.29, 0.717) is 42.5 Å². The normalized spacial score (nSPS) is 15.3. The highest BCUT2D eigenvalue weighted by Gasteiger charge is 2.31. The molecule has 11 heteroatoms. The smallest absolute Gasteiger partial charge is 0.246 e. The summed E-state index contributed by atoms with van der Waals surface area (Å²) in [6.07, 6.45) is 0. The number of hydrogen-bond acceptors (Lipinski definition) is 6. The number of anilines is 1. The molecule has 0 saturated carbocycles. The second kappa shape index (κ2) is 8.91. The summed E-state index contributed by atoms with van der Waals surface area (Å²) in [7, 11) is -2.33. The molecular weight excluding hydrogens is 484 g/mol. The number of piperazine rings is 1. The van der Waals surface area contributed by atoms with E-state index < -0.39 is 15.8 Å². The van der Waals surface area contributed by atoms with Crippen LogP contribution in [0.15, 0.2) is 46.7 Å². The van der Waals surface area contributed by atoms with Crippen molar-refractivity contribution in [2.24, 2.45) is 0 Å². The molecule has 1 aliphatic heterocycles. The molecule has 2 heterocycles. The number of benzene rings is 2. The van der Waals surface area contributed by atoms with Crippen molar-refractivity contribution in [2.75, 3.05) is 38.2 Å². The number of aromatic nitrogens is 1. The summed E-state index contributed by atoms with van der Waals surface area (Å²) in [5, 5.41) is 2.99. The van der Waals surface area contributed by atoms with Gasteiger partial charge < -0.3 is 9.64 Å². The predicted octanol–water partition coefficient (Wildman–Crippen LogP) is 4.78. The average Bonchev–Trinajstić information content (AvgIpc) is 3.26. The van der Waals surface area contributed by atoms with Gasteiger partial charge in [0.25, 0.3) is 0 Å². The van der Waals surface area contributed by atoms with Gasteiger partial charge >= 0.3 is 0 Å². The standard InChI is InChI=1S/C20H18Cl2FN3O3S2/c1-29-18-5-3-14(21)11-19(18)31(27,28)26-8-6-25(7-9-26)20-24-17(12-30-20)13-2-4-15(22)16(23)10-13/h2-5,10-12H,6-9H2,1H3. The van der Waals surface area contributed by atoms with Gasteiger partial charge in [0.1, 0.15) is 16.5 Å². The van der Waals surface area contributed by atoms with Crippen LogP contribution in [0, 0.1) is 5.82 Å². The summed E-state index contributed by atoms with van der Waals surface area (Å²) in [6, 6.07) is 9.10. The molecule has 0 spiro atoms. The van der Waals surface area contributed by atoms with Gasteiger partial charge in [0, 0.05) is 42.1 Å². The Hall–Kier alpha value is -1.91. The zero-order valence-corrected chi connectivity index (χ0v) is 19.5. The molecule has 0 aliphatic carbocycles. The van der Waals surface area contributed by atoms with E-state index in [9.17, 15) is 12.8 Å². The quantitative estimate of drug-likeness (QED) is 0.503. The summed E-state index contributed by atoms with van der Waals surface area (Å²) in [4.78, 5) is 6.66. The second-order valence-electron chi connectivity index (χ2n) is 6.83. The third kappa shape index (κ3) is 4.51. The van der Waals surface area contributed by atoms with Crippen LogP contribution >= 0.6 is 34.5 Å². The van der Waals surface area contributed by atoms with Crippen molar-refractivity contribution in [2.45, 2.75) is 4.90 Å². The van der Waals surface area contributed by atoms with Gasteiger partial charge in [-0.1, -0.05) is 29.3 Å². The Bertz CT molecular complexity index is 1210. The molecule has 0 bridgehead atoms. The third-order valence-electron chi connectivity index (χ3n) is 4.96. The molecule has 0 radical (unpaired) electrons. The van der Waals surface area contributed by atoms with Crippen molar-refractivity contribution in [3.8, 4) is 17.0 Å². The second-order valence-corrected chi connectivity index (χ2v) is 10.4. The molecule has 0 amide bonds. The molecule has 164 valence electrons. The molecule has 3 aromatic rings. The van der Waals surface area contributed by atoms with Crippen molar-refractivity contribution in [3.63, 3.8) is 0 Å². The van der Waals surface area contributed by atoms with E-state index in [1.807, 2.05) is 10.3 Å². The molecular formula is C20H18Cl2FN3O3S2. The topological polar surface area (TPSA) is 62.7 Å². The zero-order valence-electron chi connectivity index (χ0n) is 16.4. The lowest BCUT2D eigenvalue weighted by atomic mass is 10.2. The number of halogens is 3. The Balaban J connectivity index is 1.49. The molecule has 1 saturated heterocycles. The minimum Gasteiger partial charge on any atom is -0.495 e. The number of hydrogen-bond donors (Lipinski definition) is 0. The zero-order chi connectivity index (χ0) is 22.2. The lowest BCUT2D eigenvalue weighted by Gasteiger charge is -2.34. The van der Waals surface area contributed by atoms with Crippen LogP contribution in [-0.2, 0) is 10.0 Å². The summed E-state index contributed by atoms with van der Waals surface area (Å²) < 4.78 is 46.6. The van der Waals surface area contributed by atoms with Crippen molar-refractivity contribution in [1.29, 1.82) is 0 Å². The Morgan fingerprint density at radius 3 is 2.52 bits per heavy atom. The lowest BCUT2D eigenvalue weighted by Crippen LogP contribution is -2.48. The Kier molecular flexibility index (Phi) is 6.41. The van der Waals surface area contributed by atoms with E-state index in [0.717, 1.165) is 5.13 Å². The Morgan fingerprint density at radius 2 is 1.84 bits per heavy atom. The predicted molar refractivity (Wildman–Crippen MR) is 121 cm³/mol. The monoisotopic (exact) mass is 501 g/mol. The molecule has 31 heavy (non-hydrogen) atoms. The fourth-order valence-corrected chi connectivity index (χ4v) is 6.16. The fourth-order valence-electron chi connectivity index (χ4n) is 3.31. The van der Waals surface area contributed by atoms with Gasteiger partial charge in [0.2, 0.25) is 10.0 Å². The largest absolute Gasteiger partial charge is 0.495 e. The van der Waals surface area contributed by atoms with Gasteiger partial charge in [-0.2, -0.15) is 4.31 Å². The fraction of sp³-hybridized carbons (Fsp3) is 0.250. The van der Waals surface area contributed by atoms with Crippen molar-refractivity contribution in [1.82, 2.24) is 9.29 Å². The number of nitrogens with zero attached hydrogens (tertiary/aromatic N) is 3. The van der Waals surface area contributed by atoms with Crippen LogP contribution in [0.1, 0.15) is 0 Å². The maximum atomic E-state index is 13.8. The maximum absolute atomic E-state index is 13.8. The van der Waals surface area contributed by atoms with E-state index in [1.165, 1.54) is 41.0 Å². The van der Waals surface area contributed by atoms with E-state index in [-0.39, 0.29) is 15.7 Å². The summed E-state index contributed by atoms with van der Waals surface area (Å²) in [6.45, 7) is 1.54. The average molecular weight is 502 g/mol. The van der Waals surface area contributed by atoms with Gasteiger partial charge in [-0.15, -0.1) is 11.3 Å². The molecule has 0 N–H and O–H groups in total. The van der Waals surface area contributed by atoms with Gasteiger partial charge in [0.05, 0.1) is 17.8 Å². The molecule has 0 atom stereocenters. The minimum atomic E-state index is -3.75. The molecule has 6 nitrogen and oxygen atoms in total. The number of methoxy groups -OCH3 is 1. The van der Waals surface area contributed by atoms with Crippen LogP contribution < -0.4 is 9.64 Å². The first-order valence-corrected chi connectivity index (χ1v) is 12.4. The van der Waals surface area contributed by atoms with Crippen LogP contribution in [0.3, 0.4) is 0 Å². The van der Waals surface area contributed by atoms with Crippen LogP contribution in [0.2, 0.25) is 10.0 Å². The van der Waals surface area contributed by atoms with Gasteiger partial charge in [-0.3, -0.25) is 0 Å². The van der Waals surface area contributed by atoms with E-state index in [4.69, 9.17) is 27.9 Å². The van der Waals surface area contributed by atoms with Crippen LogP contribution in [0.25, 0.3) is 11.3 Å². The third-order valence-corrected chi connectivity index (χ3v) is 8.32. The summed E-state index contributed by atoms with van der Waals surface area (Å²) in [5.41, 5.74) is 1.29. The first-order chi connectivity index (χ1) is 14.8. The van der Waals surface area contributed by atoms with E-state index in [1.54, 1.807) is 18.2 Å². The SMILES string of the molecule is COc1ccc(Cl)cc1S(=O)(=O)N1CCN(c2nc(-c3ccc(Cl)c(F)c3)cs2)CC1. The van der Waals surface area contributed by atoms with Gasteiger partial charge in [0.15, 0.2) is 5.13 Å². The Labute approximate surface area is 193 Å². The Morgan fingerprint density at radius 1 is 1.10 bits per heavy atom. The molecule has 4 rings (SSSR count). The highest BCUT2D eigenvalue weighted by molar-refractivity contribution is 7.89. The number of rotatable bonds is 5. The van der Waals surface area contributed by atoms with Crippen molar-refractivity contribution in [3.05, 3.63) is 57.6 Å². The van der Waals surface area contributed by atoms with Crippen molar-refractivity contribution >= 4 is 49.7 Å². The molecule has 1 aliphatic rings. The number of thiazole rings is 1. The summed E-state index contributed by atoms with van der Waals surface area (Å²) in [5.74, 6) is -0.240. The highest BCUT2D eigenvalue weighted by Crippen LogP contribution is 2.32. The molecule has 1 fully saturated rings. The summed E-state index contributed by atoms with van der Waals surface area (Å²) >= 11 is 13.2. The number of sulfonamides is 1. The van der Waals surface area contributed by atoms with Crippen LogP contribution in [-0.4, -0.2) is 51.0 Å². The van der Waals surface area contributed by atoms with E-state index in [2.05, 4.69) is 4.98 Å². The molecule has 2 aromatic carbocycles. The highest BCUT2D eigenvalue weighted by atomic mass is 35.5. The van der Waals surface area contributed by atoms with E-state index >= 15 is 0 Å². The molecule has 0 unspecified atom stereocenters. The lowest BCUT2D eigenvalue weighted by molar-refractivity contribution is 0.374. The maximum Gasteiger partial charge on any atom is 0.246 e. The van der Waals surface area contributed by atoms with Gasteiger partial charge in [-0.25, -0.2) is 17.8 Å².